The molecule has 0 aromatic carbocycles. The van der Waals surface area contributed by atoms with Crippen LogP contribution in [0.15, 0.2) is 0 Å². The van der Waals surface area contributed by atoms with Crippen LogP contribution in [0, 0.1) is 0 Å². The Morgan fingerprint density at radius 3 is 2.73 bits per heavy atom. The third kappa shape index (κ3) is 3.65. The van der Waals surface area contributed by atoms with Crippen LogP contribution < -0.4 is 0 Å². The highest BCUT2D eigenvalue weighted by atomic mass is 32.2. The molecule has 0 unspecified atom stereocenters. The molecule has 0 N–H and O–H groups in total. The molecule has 1 atom stereocenters. The van der Waals surface area contributed by atoms with Gasteiger partial charge in [0.2, 0.25) is 0 Å². The highest BCUT2D eigenvalue weighted by Gasteiger charge is 2.33. The Balaban J connectivity index is 1.86. The van der Waals surface area contributed by atoms with Gasteiger partial charge in [0, 0.05) is 31.3 Å². The van der Waals surface area contributed by atoms with E-state index in [1.54, 1.807) is 11.8 Å². The summed E-state index contributed by atoms with van der Waals surface area (Å²) in [6, 6.07) is -0.0432. The third-order valence-corrected chi connectivity index (χ3v) is 6.73. The topological polar surface area (TPSA) is 74.1 Å². The summed E-state index contributed by atoms with van der Waals surface area (Å²) >= 11 is 1.77. The molecule has 0 amide bonds. The largest absolute Gasteiger partial charge is 0.381 e. The minimum absolute atomic E-state index is 0.0432. The average molecular weight is 345 g/mol. The summed E-state index contributed by atoms with van der Waals surface area (Å²) in [5.41, 5.74) is 0. The van der Waals surface area contributed by atoms with Crippen LogP contribution >= 0.6 is 11.8 Å². The molecule has 2 aliphatic rings. The van der Waals surface area contributed by atoms with Gasteiger partial charge in [-0.25, -0.2) is 18.1 Å². The van der Waals surface area contributed by atoms with Crippen molar-refractivity contribution in [2.75, 3.05) is 36.7 Å². The number of rotatable bonds is 5. The molecule has 124 valence electrons. The molecule has 1 aromatic heterocycles. The van der Waals surface area contributed by atoms with E-state index in [-0.39, 0.29) is 17.5 Å². The number of hydrogen-bond acceptors (Lipinski definition) is 6. The molecule has 0 aliphatic carbocycles. The van der Waals surface area contributed by atoms with E-state index in [2.05, 4.69) is 11.4 Å². The van der Waals surface area contributed by atoms with E-state index in [0.717, 1.165) is 49.9 Å². The van der Waals surface area contributed by atoms with Crippen LogP contribution in [0.5, 0.6) is 0 Å². The van der Waals surface area contributed by atoms with Gasteiger partial charge in [-0.15, -0.1) is 0 Å². The summed E-state index contributed by atoms with van der Waals surface area (Å²) in [6.45, 7) is 1.50. The van der Waals surface area contributed by atoms with Crippen LogP contribution in [-0.2, 0) is 21.0 Å². The molecule has 2 saturated heterocycles. The molecule has 2 fully saturated rings. The highest BCUT2D eigenvalue weighted by molar-refractivity contribution is 7.98. The van der Waals surface area contributed by atoms with Crippen LogP contribution in [-0.4, -0.2) is 59.9 Å². The van der Waals surface area contributed by atoms with E-state index in [0.29, 0.717) is 12.3 Å². The Morgan fingerprint density at radius 2 is 2.09 bits per heavy atom. The molecule has 0 spiro atoms. The van der Waals surface area contributed by atoms with Crippen molar-refractivity contribution in [3.8, 4) is 0 Å². The van der Waals surface area contributed by atoms with Gasteiger partial charge in [0.1, 0.15) is 5.82 Å². The van der Waals surface area contributed by atoms with Gasteiger partial charge < -0.3 is 4.74 Å². The molecule has 8 heteroatoms. The van der Waals surface area contributed by atoms with Gasteiger partial charge in [-0.1, -0.05) is 0 Å². The summed E-state index contributed by atoms with van der Waals surface area (Å²) in [4.78, 5) is 4.75. The fourth-order valence-electron chi connectivity index (χ4n) is 3.15. The summed E-state index contributed by atoms with van der Waals surface area (Å²) in [6.07, 6.45) is 5.45. The van der Waals surface area contributed by atoms with Gasteiger partial charge in [0.15, 0.2) is 15.7 Å². The molecule has 0 radical (unpaired) electrons. The fourth-order valence-corrected chi connectivity index (χ4v) is 5.23. The number of ether oxygens (including phenoxy) is 1. The van der Waals surface area contributed by atoms with Crippen molar-refractivity contribution in [2.45, 2.75) is 37.6 Å². The molecule has 0 saturated carbocycles. The number of aromatic nitrogens is 3. The SMILES string of the molecule is CSCCc1nc(C2CCOCC2)n([C@H]2CCS(=O)(=O)C2)n1. The van der Waals surface area contributed by atoms with Crippen LogP contribution in [0.4, 0.5) is 0 Å². The van der Waals surface area contributed by atoms with E-state index in [1.807, 2.05) is 4.68 Å². The number of sulfone groups is 1. The first-order valence-electron chi connectivity index (χ1n) is 7.81. The van der Waals surface area contributed by atoms with Crippen molar-refractivity contribution in [1.29, 1.82) is 0 Å². The predicted molar refractivity (Wildman–Crippen MR) is 87.2 cm³/mol. The highest BCUT2D eigenvalue weighted by Crippen LogP contribution is 2.31. The van der Waals surface area contributed by atoms with Crippen molar-refractivity contribution in [3.63, 3.8) is 0 Å². The van der Waals surface area contributed by atoms with Gasteiger partial charge in [-0.3, -0.25) is 0 Å². The van der Waals surface area contributed by atoms with Crippen molar-refractivity contribution in [1.82, 2.24) is 14.8 Å². The minimum Gasteiger partial charge on any atom is -0.381 e. The van der Waals surface area contributed by atoms with Crippen LogP contribution in [0.3, 0.4) is 0 Å². The van der Waals surface area contributed by atoms with Crippen LogP contribution in [0.1, 0.15) is 42.9 Å². The lowest BCUT2D eigenvalue weighted by Crippen LogP contribution is -2.22. The van der Waals surface area contributed by atoms with E-state index < -0.39 is 9.84 Å². The van der Waals surface area contributed by atoms with Gasteiger partial charge in [-0.05, 0) is 25.5 Å². The van der Waals surface area contributed by atoms with Crippen LogP contribution in [0.2, 0.25) is 0 Å². The monoisotopic (exact) mass is 345 g/mol. The van der Waals surface area contributed by atoms with E-state index >= 15 is 0 Å². The minimum atomic E-state index is -2.92. The second-order valence-corrected chi connectivity index (χ2v) is 9.23. The molecule has 3 rings (SSSR count). The van der Waals surface area contributed by atoms with E-state index in [4.69, 9.17) is 9.72 Å². The summed E-state index contributed by atoms with van der Waals surface area (Å²) in [5.74, 6) is 3.62. The summed E-state index contributed by atoms with van der Waals surface area (Å²) < 4.78 is 31.0. The maximum atomic E-state index is 11.8. The van der Waals surface area contributed by atoms with Gasteiger partial charge in [0.05, 0.1) is 17.5 Å². The normalized spacial score (nSPS) is 25.6. The first-order chi connectivity index (χ1) is 10.6. The second kappa shape index (κ2) is 6.88. The number of nitrogens with zero attached hydrogens (tertiary/aromatic N) is 3. The lowest BCUT2D eigenvalue weighted by Gasteiger charge is -2.23. The summed E-state index contributed by atoms with van der Waals surface area (Å²) in [5, 5.41) is 4.66. The van der Waals surface area contributed by atoms with Crippen molar-refractivity contribution >= 4 is 21.6 Å². The third-order valence-electron chi connectivity index (χ3n) is 4.37. The molecule has 1 aromatic rings. The zero-order valence-electron chi connectivity index (χ0n) is 12.9. The first kappa shape index (κ1) is 16.3. The molecule has 3 heterocycles. The zero-order valence-corrected chi connectivity index (χ0v) is 14.5. The maximum Gasteiger partial charge on any atom is 0.152 e. The van der Waals surface area contributed by atoms with Crippen molar-refractivity contribution < 1.29 is 13.2 Å². The van der Waals surface area contributed by atoms with Crippen molar-refractivity contribution in [2.24, 2.45) is 0 Å². The fraction of sp³-hybridized carbons (Fsp3) is 0.857. The number of thioether (sulfide) groups is 1. The molecule has 0 bridgehead atoms. The zero-order chi connectivity index (χ0) is 15.6. The predicted octanol–water partition coefficient (Wildman–Crippen LogP) is 1.44. The van der Waals surface area contributed by atoms with E-state index in [9.17, 15) is 8.42 Å². The Hall–Kier alpha value is -0.600. The molecular weight excluding hydrogens is 322 g/mol. The molecule has 6 nitrogen and oxygen atoms in total. The standard InChI is InChI=1S/C14H23N3O3S2/c1-21-8-4-13-15-14(11-2-6-20-7-3-11)17(16-13)12-5-9-22(18,19)10-12/h11-12H,2-10H2,1H3/t12-/m0/s1. The van der Waals surface area contributed by atoms with Crippen molar-refractivity contribution in [3.05, 3.63) is 11.6 Å². The lowest BCUT2D eigenvalue weighted by molar-refractivity contribution is 0.0822. The Labute approximate surface area is 135 Å². The quantitative estimate of drug-likeness (QED) is 0.804. The Kier molecular flexibility index (Phi) is 5.09. The molecular formula is C14H23N3O3S2. The number of aryl methyl sites for hydroxylation is 1. The van der Waals surface area contributed by atoms with Gasteiger partial charge in [0.25, 0.3) is 0 Å². The lowest BCUT2D eigenvalue weighted by atomic mass is 9.99. The van der Waals surface area contributed by atoms with Gasteiger partial charge >= 0.3 is 0 Å². The van der Waals surface area contributed by atoms with E-state index in [1.165, 1.54) is 0 Å². The Bertz CT molecular complexity index is 609. The first-order valence-corrected chi connectivity index (χ1v) is 11.0. The number of hydrogen-bond donors (Lipinski definition) is 0. The Morgan fingerprint density at radius 1 is 1.32 bits per heavy atom. The second-order valence-electron chi connectivity index (χ2n) is 6.02. The molecule has 22 heavy (non-hydrogen) atoms. The maximum absolute atomic E-state index is 11.8. The average Bonchev–Trinajstić information content (AvgIpc) is 3.09. The summed E-state index contributed by atoms with van der Waals surface area (Å²) in [7, 11) is -2.92. The molecule has 2 aliphatic heterocycles. The smallest absolute Gasteiger partial charge is 0.152 e. The van der Waals surface area contributed by atoms with Gasteiger partial charge in [-0.2, -0.15) is 16.9 Å². The van der Waals surface area contributed by atoms with Crippen LogP contribution in [0.25, 0.3) is 0 Å².